The lowest BCUT2D eigenvalue weighted by atomic mass is 10.1. The first-order chi connectivity index (χ1) is 10.6. The summed E-state index contributed by atoms with van der Waals surface area (Å²) in [7, 11) is 0. The molecule has 1 aliphatic heterocycles. The monoisotopic (exact) mass is 318 g/mol. The lowest BCUT2D eigenvalue weighted by molar-refractivity contribution is -0.0228. The topological polar surface area (TPSA) is 62.7 Å². The number of hydrogen-bond donors (Lipinski definition) is 1. The van der Waals surface area contributed by atoms with Gasteiger partial charge < -0.3 is 14.7 Å². The van der Waals surface area contributed by atoms with Crippen LogP contribution >= 0.6 is 11.6 Å². The zero-order valence-electron chi connectivity index (χ0n) is 11.8. The molecule has 1 N–H and O–H groups in total. The molecule has 2 heterocycles. The first-order valence-electron chi connectivity index (χ1n) is 6.94. The van der Waals surface area contributed by atoms with Crippen LogP contribution in [0.15, 0.2) is 42.7 Å². The number of phenols is 1. The highest BCUT2D eigenvalue weighted by molar-refractivity contribution is 6.33. The first-order valence-corrected chi connectivity index (χ1v) is 7.32. The van der Waals surface area contributed by atoms with E-state index in [1.807, 2.05) is 6.07 Å². The Balaban J connectivity index is 1.78. The number of halogens is 1. The van der Waals surface area contributed by atoms with Crippen LogP contribution in [0.3, 0.4) is 0 Å². The number of rotatable bonds is 2. The molecule has 1 fully saturated rings. The predicted molar refractivity (Wildman–Crippen MR) is 82.0 cm³/mol. The Hall–Kier alpha value is -2.11. The van der Waals surface area contributed by atoms with Gasteiger partial charge in [-0.3, -0.25) is 9.78 Å². The molecule has 0 saturated carbocycles. The largest absolute Gasteiger partial charge is 0.508 e. The molecular weight excluding hydrogens is 304 g/mol. The normalized spacial score (nSPS) is 18.2. The number of nitrogens with zero attached hydrogens (tertiary/aromatic N) is 2. The molecule has 1 aromatic carbocycles. The van der Waals surface area contributed by atoms with E-state index in [0.29, 0.717) is 30.3 Å². The number of morpholine rings is 1. The average Bonchev–Trinajstić information content (AvgIpc) is 2.55. The summed E-state index contributed by atoms with van der Waals surface area (Å²) >= 11 is 6.04. The lowest BCUT2D eigenvalue weighted by Gasteiger charge is -2.33. The first kappa shape index (κ1) is 14.8. The van der Waals surface area contributed by atoms with Crippen LogP contribution in [0.2, 0.25) is 5.02 Å². The Labute approximate surface area is 133 Å². The molecule has 1 saturated heterocycles. The van der Waals surface area contributed by atoms with E-state index in [-0.39, 0.29) is 17.8 Å². The van der Waals surface area contributed by atoms with E-state index in [9.17, 15) is 9.90 Å². The minimum absolute atomic E-state index is 0.138. The van der Waals surface area contributed by atoms with Gasteiger partial charge in [-0.15, -0.1) is 0 Å². The molecule has 22 heavy (non-hydrogen) atoms. The number of amides is 1. The predicted octanol–water partition coefficient (Wildman–Crippen LogP) is 2.65. The van der Waals surface area contributed by atoms with Crippen molar-refractivity contribution in [3.05, 3.63) is 58.9 Å². The highest BCUT2D eigenvalue weighted by atomic mass is 35.5. The third kappa shape index (κ3) is 3.05. The maximum absolute atomic E-state index is 12.6. The Bertz CT molecular complexity index is 693. The maximum atomic E-state index is 12.6. The number of carbonyl (C=O) groups excluding carboxylic acids is 1. The van der Waals surface area contributed by atoms with Crippen LogP contribution < -0.4 is 0 Å². The molecule has 1 aromatic heterocycles. The molecule has 0 aliphatic carbocycles. The van der Waals surface area contributed by atoms with Crippen molar-refractivity contribution in [2.45, 2.75) is 6.10 Å². The van der Waals surface area contributed by atoms with Gasteiger partial charge in [-0.1, -0.05) is 23.7 Å². The maximum Gasteiger partial charge on any atom is 0.255 e. The summed E-state index contributed by atoms with van der Waals surface area (Å²) in [4.78, 5) is 18.2. The minimum atomic E-state index is -0.259. The second-order valence-electron chi connectivity index (χ2n) is 5.06. The molecule has 5 nitrogen and oxygen atoms in total. The molecule has 0 unspecified atom stereocenters. The second kappa shape index (κ2) is 6.34. The Morgan fingerprint density at radius 3 is 3.05 bits per heavy atom. The number of pyridine rings is 1. The summed E-state index contributed by atoms with van der Waals surface area (Å²) in [6.07, 6.45) is 2.75. The van der Waals surface area contributed by atoms with Gasteiger partial charge in [0.25, 0.3) is 5.91 Å². The van der Waals surface area contributed by atoms with Crippen LogP contribution in [-0.4, -0.2) is 40.6 Å². The van der Waals surface area contributed by atoms with Crippen LogP contribution in [0.5, 0.6) is 5.75 Å². The van der Waals surface area contributed by atoms with Gasteiger partial charge in [0, 0.05) is 18.9 Å². The van der Waals surface area contributed by atoms with Gasteiger partial charge >= 0.3 is 0 Å². The highest BCUT2D eigenvalue weighted by Crippen LogP contribution is 2.26. The van der Waals surface area contributed by atoms with Gasteiger partial charge in [0.05, 0.1) is 23.7 Å². The van der Waals surface area contributed by atoms with Gasteiger partial charge in [-0.05, 0) is 23.8 Å². The minimum Gasteiger partial charge on any atom is -0.508 e. The van der Waals surface area contributed by atoms with Crippen LogP contribution in [-0.2, 0) is 4.74 Å². The number of hydrogen-bond acceptors (Lipinski definition) is 4. The lowest BCUT2D eigenvalue weighted by Crippen LogP contribution is -2.42. The summed E-state index contributed by atoms with van der Waals surface area (Å²) in [5.74, 6) is 0.0441. The third-order valence-corrected chi connectivity index (χ3v) is 3.90. The molecule has 2 aromatic rings. The van der Waals surface area contributed by atoms with E-state index >= 15 is 0 Å². The molecule has 6 heteroatoms. The Morgan fingerprint density at radius 1 is 1.41 bits per heavy atom. The number of aromatic hydroxyl groups is 1. The van der Waals surface area contributed by atoms with Gasteiger partial charge in [0.2, 0.25) is 0 Å². The van der Waals surface area contributed by atoms with Crippen molar-refractivity contribution in [2.75, 3.05) is 19.7 Å². The van der Waals surface area contributed by atoms with Crippen LogP contribution in [0, 0.1) is 0 Å². The Kier molecular flexibility index (Phi) is 4.27. The van der Waals surface area contributed by atoms with E-state index in [2.05, 4.69) is 4.98 Å². The average molecular weight is 319 g/mol. The summed E-state index contributed by atoms with van der Waals surface area (Å²) in [6, 6.07) is 8.50. The zero-order valence-corrected chi connectivity index (χ0v) is 12.5. The quantitative estimate of drug-likeness (QED) is 0.924. The van der Waals surface area contributed by atoms with Gasteiger partial charge in [-0.25, -0.2) is 0 Å². The molecule has 114 valence electrons. The smallest absolute Gasteiger partial charge is 0.255 e. The number of benzene rings is 1. The summed E-state index contributed by atoms with van der Waals surface area (Å²) in [6.45, 7) is 1.36. The van der Waals surface area contributed by atoms with E-state index < -0.39 is 0 Å². The number of phenolic OH excluding ortho intramolecular Hbond substituents is 1. The second-order valence-corrected chi connectivity index (χ2v) is 5.47. The molecular formula is C16H15ClN2O3. The summed E-state index contributed by atoms with van der Waals surface area (Å²) in [5, 5.41) is 9.91. The van der Waals surface area contributed by atoms with Crippen molar-refractivity contribution in [2.24, 2.45) is 0 Å². The van der Waals surface area contributed by atoms with Crippen LogP contribution in [0.4, 0.5) is 0 Å². The molecule has 3 rings (SSSR count). The van der Waals surface area contributed by atoms with Crippen molar-refractivity contribution in [1.82, 2.24) is 9.88 Å². The van der Waals surface area contributed by atoms with Crippen molar-refractivity contribution in [1.29, 1.82) is 0 Å². The van der Waals surface area contributed by atoms with Crippen molar-refractivity contribution < 1.29 is 14.6 Å². The zero-order chi connectivity index (χ0) is 15.5. The molecule has 0 bridgehead atoms. The number of ether oxygens (including phenoxy) is 1. The number of carbonyl (C=O) groups is 1. The van der Waals surface area contributed by atoms with E-state index in [0.717, 1.165) is 5.56 Å². The molecule has 0 radical (unpaired) electrons. The SMILES string of the molecule is O=C(c1ccncc1Cl)N1CCO[C@H](c2cccc(O)c2)C1. The van der Waals surface area contributed by atoms with Gasteiger partial charge in [0.1, 0.15) is 11.9 Å². The molecule has 1 amide bonds. The van der Waals surface area contributed by atoms with Gasteiger partial charge in [0.15, 0.2) is 0 Å². The van der Waals surface area contributed by atoms with Crippen molar-refractivity contribution in [3.8, 4) is 5.75 Å². The number of aromatic nitrogens is 1. The van der Waals surface area contributed by atoms with Crippen LogP contribution in [0.25, 0.3) is 0 Å². The fraction of sp³-hybridized carbons (Fsp3) is 0.250. The van der Waals surface area contributed by atoms with Crippen molar-refractivity contribution in [3.63, 3.8) is 0 Å². The molecule has 1 aliphatic rings. The molecule has 0 spiro atoms. The van der Waals surface area contributed by atoms with Crippen molar-refractivity contribution >= 4 is 17.5 Å². The summed E-state index contributed by atoms with van der Waals surface area (Å²) < 4.78 is 5.72. The van der Waals surface area contributed by atoms with Gasteiger partial charge in [-0.2, -0.15) is 0 Å². The fourth-order valence-electron chi connectivity index (χ4n) is 2.48. The third-order valence-electron chi connectivity index (χ3n) is 3.60. The standard InChI is InChI=1S/C16H15ClN2O3/c17-14-9-18-5-4-13(14)16(21)19-6-7-22-15(10-19)11-2-1-3-12(20)8-11/h1-5,8-9,15,20H,6-7,10H2/t15-/m0/s1. The van der Waals surface area contributed by atoms with E-state index in [1.54, 1.807) is 35.4 Å². The fourth-order valence-corrected chi connectivity index (χ4v) is 2.68. The summed E-state index contributed by atoms with van der Waals surface area (Å²) in [5.41, 5.74) is 1.28. The van der Waals surface area contributed by atoms with E-state index in [1.165, 1.54) is 6.20 Å². The van der Waals surface area contributed by atoms with E-state index in [4.69, 9.17) is 16.3 Å². The molecule has 1 atom stereocenters. The highest BCUT2D eigenvalue weighted by Gasteiger charge is 2.27. The Morgan fingerprint density at radius 2 is 2.27 bits per heavy atom. The van der Waals surface area contributed by atoms with Crippen LogP contribution in [0.1, 0.15) is 22.0 Å².